The Balaban J connectivity index is 1.96. The van der Waals surface area contributed by atoms with Crippen LogP contribution in [0.1, 0.15) is 24.2 Å². The number of carboxylic acids is 1. The summed E-state index contributed by atoms with van der Waals surface area (Å²) in [7, 11) is 1.73. The fourth-order valence-electron chi connectivity index (χ4n) is 1.59. The lowest BCUT2D eigenvalue weighted by atomic mass is 10.3. The molecule has 0 aliphatic heterocycles. The quantitative estimate of drug-likeness (QED) is 0.922. The molecule has 0 fully saturated rings. The molecule has 100 valence electrons. The molecule has 0 unspecified atom stereocenters. The predicted molar refractivity (Wildman–Crippen MR) is 76.3 cm³/mol. The van der Waals surface area contributed by atoms with Gasteiger partial charge in [-0.15, -0.1) is 22.7 Å². The van der Waals surface area contributed by atoms with Crippen molar-refractivity contribution in [1.29, 1.82) is 0 Å². The maximum absolute atomic E-state index is 12.1. The number of likely N-dealkylation sites (N-methyl/N-ethyl adjacent to an activating group) is 1. The zero-order valence-corrected chi connectivity index (χ0v) is 12.0. The molecule has 0 aromatic carbocycles. The van der Waals surface area contributed by atoms with Crippen LogP contribution in [-0.4, -0.2) is 35.5 Å². The van der Waals surface area contributed by atoms with Gasteiger partial charge in [0, 0.05) is 18.5 Å². The van der Waals surface area contributed by atoms with E-state index in [1.54, 1.807) is 29.4 Å². The van der Waals surface area contributed by atoms with Crippen molar-refractivity contribution < 1.29 is 14.7 Å². The predicted octanol–water partition coefficient (Wildman–Crippen LogP) is 2.82. The van der Waals surface area contributed by atoms with Crippen molar-refractivity contribution in [3.63, 3.8) is 0 Å². The van der Waals surface area contributed by atoms with Crippen molar-refractivity contribution >= 4 is 34.6 Å². The minimum Gasteiger partial charge on any atom is -0.477 e. The van der Waals surface area contributed by atoms with Crippen LogP contribution in [-0.2, 0) is 6.42 Å². The van der Waals surface area contributed by atoms with Crippen molar-refractivity contribution in [1.82, 2.24) is 4.90 Å². The van der Waals surface area contributed by atoms with E-state index in [0.717, 1.165) is 17.8 Å². The number of nitrogens with zero attached hydrogens (tertiary/aromatic N) is 1. The number of amides is 1. The number of thiophene rings is 2. The molecule has 2 aromatic heterocycles. The van der Waals surface area contributed by atoms with Gasteiger partial charge in [0.05, 0.1) is 4.88 Å². The molecular formula is C13H13NO3S2. The van der Waals surface area contributed by atoms with Crippen LogP contribution >= 0.6 is 22.7 Å². The molecule has 4 nitrogen and oxygen atoms in total. The molecule has 2 heterocycles. The van der Waals surface area contributed by atoms with E-state index in [1.165, 1.54) is 10.9 Å². The average molecular weight is 295 g/mol. The van der Waals surface area contributed by atoms with E-state index in [2.05, 4.69) is 0 Å². The Morgan fingerprint density at radius 3 is 2.58 bits per heavy atom. The second-order valence-electron chi connectivity index (χ2n) is 4.03. The number of carboxylic acid groups (broad SMARTS) is 1. The third-order valence-corrected chi connectivity index (χ3v) is 4.65. The first-order valence-corrected chi connectivity index (χ1v) is 7.38. The van der Waals surface area contributed by atoms with Gasteiger partial charge in [-0.3, -0.25) is 4.79 Å². The van der Waals surface area contributed by atoms with E-state index in [4.69, 9.17) is 5.11 Å². The average Bonchev–Trinajstić information content (AvgIpc) is 3.05. The van der Waals surface area contributed by atoms with Gasteiger partial charge >= 0.3 is 5.97 Å². The molecule has 0 saturated carbocycles. The second kappa shape index (κ2) is 5.99. The monoisotopic (exact) mass is 295 g/mol. The number of hydrogen-bond acceptors (Lipinski definition) is 4. The lowest BCUT2D eigenvalue weighted by Gasteiger charge is -2.15. The van der Waals surface area contributed by atoms with Crippen LogP contribution < -0.4 is 0 Å². The summed E-state index contributed by atoms with van der Waals surface area (Å²) in [5.41, 5.74) is 0. The topological polar surface area (TPSA) is 57.6 Å². The van der Waals surface area contributed by atoms with Crippen molar-refractivity contribution in [3.05, 3.63) is 44.3 Å². The first kappa shape index (κ1) is 13.8. The molecule has 2 aromatic rings. The number of rotatable bonds is 5. The van der Waals surface area contributed by atoms with E-state index in [1.807, 2.05) is 17.5 Å². The van der Waals surface area contributed by atoms with Crippen LogP contribution in [0.3, 0.4) is 0 Å². The molecule has 0 radical (unpaired) electrons. The van der Waals surface area contributed by atoms with Crippen molar-refractivity contribution in [2.75, 3.05) is 13.6 Å². The largest absolute Gasteiger partial charge is 0.477 e. The Kier molecular flexibility index (Phi) is 4.34. The number of carbonyl (C=O) groups excluding carboxylic acids is 1. The van der Waals surface area contributed by atoms with Gasteiger partial charge < -0.3 is 10.0 Å². The van der Waals surface area contributed by atoms with E-state index in [9.17, 15) is 9.59 Å². The minimum absolute atomic E-state index is 0.131. The summed E-state index contributed by atoms with van der Waals surface area (Å²) in [6.07, 6.45) is 0.817. The van der Waals surface area contributed by atoms with Crippen LogP contribution in [0.15, 0.2) is 29.6 Å². The van der Waals surface area contributed by atoms with Gasteiger partial charge in [0.15, 0.2) is 0 Å². The highest BCUT2D eigenvalue weighted by atomic mass is 32.1. The van der Waals surface area contributed by atoms with Crippen LogP contribution in [0.5, 0.6) is 0 Å². The Morgan fingerprint density at radius 1 is 1.26 bits per heavy atom. The lowest BCUT2D eigenvalue weighted by molar-refractivity contribution is 0.0701. The Morgan fingerprint density at radius 2 is 2.00 bits per heavy atom. The maximum Gasteiger partial charge on any atom is 0.345 e. The number of hydrogen-bond donors (Lipinski definition) is 1. The zero-order chi connectivity index (χ0) is 13.8. The van der Waals surface area contributed by atoms with Gasteiger partial charge in [0.25, 0.3) is 5.91 Å². The fourth-order valence-corrected chi connectivity index (χ4v) is 3.13. The first-order chi connectivity index (χ1) is 9.08. The normalized spacial score (nSPS) is 10.4. The zero-order valence-electron chi connectivity index (χ0n) is 10.3. The minimum atomic E-state index is -0.995. The highest BCUT2D eigenvalue weighted by Crippen LogP contribution is 2.18. The summed E-state index contributed by atoms with van der Waals surface area (Å²) in [5, 5.41) is 10.8. The second-order valence-corrected chi connectivity index (χ2v) is 6.14. The molecule has 1 amide bonds. The maximum atomic E-state index is 12.1. The van der Waals surface area contributed by atoms with Gasteiger partial charge in [-0.2, -0.15) is 0 Å². The molecular weight excluding hydrogens is 282 g/mol. The van der Waals surface area contributed by atoms with Crippen LogP contribution in [0.2, 0.25) is 0 Å². The van der Waals surface area contributed by atoms with Crippen LogP contribution in [0.4, 0.5) is 0 Å². The van der Waals surface area contributed by atoms with Gasteiger partial charge in [0.1, 0.15) is 4.88 Å². The van der Waals surface area contributed by atoms with Crippen LogP contribution in [0.25, 0.3) is 0 Å². The van der Waals surface area contributed by atoms with E-state index < -0.39 is 5.97 Å². The summed E-state index contributed by atoms with van der Waals surface area (Å²) in [4.78, 5) is 26.4. The molecule has 19 heavy (non-hydrogen) atoms. The van der Waals surface area contributed by atoms with Crippen LogP contribution in [0, 0.1) is 0 Å². The summed E-state index contributed by atoms with van der Waals surface area (Å²) in [6, 6.07) is 7.06. The van der Waals surface area contributed by atoms with Crippen molar-refractivity contribution in [2.24, 2.45) is 0 Å². The van der Waals surface area contributed by atoms with Gasteiger partial charge in [-0.1, -0.05) is 6.07 Å². The molecule has 0 aliphatic carbocycles. The summed E-state index contributed by atoms with van der Waals surface area (Å²) in [5.74, 6) is -1.13. The highest BCUT2D eigenvalue weighted by molar-refractivity contribution is 7.15. The smallest absolute Gasteiger partial charge is 0.345 e. The molecule has 0 spiro atoms. The first-order valence-electron chi connectivity index (χ1n) is 5.69. The summed E-state index contributed by atoms with van der Waals surface area (Å²) >= 11 is 2.68. The Labute approximate surface area is 118 Å². The third kappa shape index (κ3) is 3.42. The molecule has 1 N–H and O–H groups in total. The standard InChI is InChI=1S/C13H13NO3S2/c1-14(7-6-9-3-2-8-18-9)12(15)10-4-5-11(19-10)13(16)17/h2-5,8H,6-7H2,1H3,(H,16,17). The number of carbonyl (C=O) groups is 2. The SMILES string of the molecule is CN(CCc1cccs1)C(=O)c1ccc(C(=O)O)s1. The Bertz CT molecular complexity index is 574. The molecule has 0 aliphatic rings. The summed E-state index contributed by atoms with van der Waals surface area (Å²) < 4.78 is 0. The molecule has 0 atom stereocenters. The molecule has 6 heteroatoms. The van der Waals surface area contributed by atoms with Gasteiger partial charge in [-0.05, 0) is 30.0 Å². The van der Waals surface area contributed by atoms with E-state index >= 15 is 0 Å². The van der Waals surface area contributed by atoms with E-state index in [0.29, 0.717) is 11.4 Å². The number of aromatic carboxylic acids is 1. The summed E-state index contributed by atoms with van der Waals surface area (Å²) in [6.45, 7) is 0.625. The molecule has 2 rings (SSSR count). The van der Waals surface area contributed by atoms with Crippen molar-refractivity contribution in [2.45, 2.75) is 6.42 Å². The molecule has 0 bridgehead atoms. The highest BCUT2D eigenvalue weighted by Gasteiger charge is 2.16. The fraction of sp³-hybridized carbons (Fsp3) is 0.231. The van der Waals surface area contributed by atoms with Crippen molar-refractivity contribution in [3.8, 4) is 0 Å². The van der Waals surface area contributed by atoms with Gasteiger partial charge in [0.2, 0.25) is 0 Å². The lowest BCUT2D eigenvalue weighted by Crippen LogP contribution is -2.28. The Hall–Kier alpha value is -1.66. The van der Waals surface area contributed by atoms with Gasteiger partial charge in [-0.25, -0.2) is 4.79 Å². The molecule has 0 saturated heterocycles. The third-order valence-electron chi connectivity index (χ3n) is 2.65. The van der Waals surface area contributed by atoms with E-state index in [-0.39, 0.29) is 10.8 Å².